The van der Waals surface area contributed by atoms with Crippen LogP contribution in [0.2, 0.25) is 0 Å². The van der Waals surface area contributed by atoms with E-state index in [-0.39, 0.29) is 5.56 Å². The average molecular weight is 576 g/mol. The summed E-state index contributed by atoms with van der Waals surface area (Å²) in [7, 11) is 1.50. The van der Waals surface area contributed by atoms with Crippen molar-refractivity contribution in [3.8, 4) is 5.75 Å². The fraction of sp³-hybridized carbons (Fsp3) is 0.500. The van der Waals surface area contributed by atoms with Crippen LogP contribution in [0.15, 0.2) is 82.0 Å². The van der Waals surface area contributed by atoms with Crippen LogP contribution in [0.4, 0.5) is 5.69 Å². The Bertz CT molecular complexity index is 1190. The SMILES string of the molecule is COc1cc(C(=O)O)cc(C/C=C(\C)CC/C=C(\C)CC/C=C(\C)CC/C=C(\C)CC/C=C(\C)CCC=C(C)C)c1N. The second-order valence-electron chi connectivity index (χ2n) is 12.0. The Balaban J connectivity index is 2.40. The number of ether oxygens (including phenoxy) is 1. The molecule has 42 heavy (non-hydrogen) atoms. The summed E-state index contributed by atoms with van der Waals surface area (Å²) in [4.78, 5) is 11.4. The highest BCUT2D eigenvalue weighted by molar-refractivity contribution is 5.89. The molecular formula is C38H57NO3. The summed E-state index contributed by atoms with van der Waals surface area (Å²) in [5.41, 5.74) is 16.2. The van der Waals surface area contributed by atoms with Crippen LogP contribution in [0, 0.1) is 0 Å². The van der Waals surface area contributed by atoms with Gasteiger partial charge in [-0.15, -0.1) is 0 Å². The lowest BCUT2D eigenvalue weighted by molar-refractivity contribution is 0.0696. The molecular weight excluding hydrogens is 518 g/mol. The van der Waals surface area contributed by atoms with Crippen molar-refractivity contribution in [1.82, 2.24) is 0 Å². The van der Waals surface area contributed by atoms with Crippen molar-refractivity contribution in [1.29, 1.82) is 0 Å². The number of carbonyl (C=O) groups is 1. The van der Waals surface area contributed by atoms with Gasteiger partial charge >= 0.3 is 5.97 Å². The van der Waals surface area contributed by atoms with Crippen LogP contribution in [0.3, 0.4) is 0 Å². The minimum absolute atomic E-state index is 0.191. The van der Waals surface area contributed by atoms with Crippen LogP contribution in [0.25, 0.3) is 0 Å². The third-order valence-corrected chi connectivity index (χ3v) is 7.58. The number of allylic oxidation sites excluding steroid dienone is 12. The number of carboxylic acid groups (broad SMARTS) is 1. The van der Waals surface area contributed by atoms with Crippen LogP contribution in [0.1, 0.15) is 129 Å². The topological polar surface area (TPSA) is 72.5 Å². The van der Waals surface area contributed by atoms with Gasteiger partial charge in [0, 0.05) is 0 Å². The number of carboxylic acids is 1. The zero-order valence-corrected chi connectivity index (χ0v) is 27.7. The molecule has 3 N–H and O–H groups in total. The quantitative estimate of drug-likeness (QED) is 0.127. The van der Waals surface area contributed by atoms with Crippen LogP contribution in [-0.4, -0.2) is 18.2 Å². The van der Waals surface area contributed by atoms with Crippen molar-refractivity contribution in [3.05, 3.63) is 93.2 Å². The molecule has 0 aliphatic heterocycles. The van der Waals surface area contributed by atoms with Gasteiger partial charge in [0.05, 0.1) is 18.4 Å². The summed E-state index contributed by atoms with van der Waals surface area (Å²) in [5, 5.41) is 9.36. The predicted molar refractivity (Wildman–Crippen MR) is 182 cm³/mol. The molecule has 0 saturated heterocycles. The molecule has 232 valence electrons. The lowest BCUT2D eigenvalue weighted by atomic mass is 10.0. The van der Waals surface area contributed by atoms with E-state index in [1.807, 2.05) is 0 Å². The number of anilines is 1. The van der Waals surface area contributed by atoms with E-state index < -0.39 is 5.97 Å². The third-order valence-electron chi connectivity index (χ3n) is 7.58. The Kier molecular flexibility index (Phi) is 18.0. The van der Waals surface area contributed by atoms with E-state index in [4.69, 9.17) is 10.5 Å². The molecule has 0 amide bonds. The molecule has 0 spiro atoms. The van der Waals surface area contributed by atoms with Crippen molar-refractivity contribution < 1.29 is 14.6 Å². The fourth-order valence-corrected chi connectivity index (χ4v) is 4.71. The van der Waals surface area contributed by atoms with Gasteiger partial charge in [0.25, 0.3) is 0 Å². The first-order chi connectivity index (χ1) is 19.9. The summed E-state index contributed by atoms with van der Waals surface area (Å²) < 4.78 is 5.26. The van der Waals surface area contributed by atoms with Crippen molar-refractivity contribution in [2.24, 2.45) is 0 Å². The molecule has 0 radical (unpaired) electrons. The number of nitrogen functional groups attached to an aromatic ring is 1. The number of rotatable bonds is 19. The van der Waals surface area contributed by atoms with Gasteiger partial charge in [-0.3, -0.25) is 0 Å². The Hall–Kier alpha value is -3.27. The molecule has 0 atom stereocenters. The molecule has 0 bridgehead atoms. The summed E-state index contributed by atoms with van der Waals surface area (Å²) in [5.74, 6) is -0.575. The standard InChI is InChI=1S/C38H57NO3/c1-28(2)14-9-15-29(3)16-10-17-30(4)18-11-19-31(5)20-12-21-32(6)22-13-23-33(7)24-25-34-26-35(38(40)41)27-36(42-8)37(34)39/h14,16,18,20,22,24,26-27H,9-13,15,17,19,21,23,25,39H2,1-8H3,(H,40,41)/b29-16+,30-18+,31-20+,32-22+,33-24+. The van der Waals surface area contributed by atoms with E-state index in [2.05, 4.69) is 84.9 Å². The summed E-state index contributed by atoms with van der Waals surface area (Å²) in [6, 6.07) is 3.10. The fourth-order valence-electron chi connectivity index (χ4n) is 4.71. The molecule has 0 fully saturated rings. The zero-order chi connectivity index (χ0) is 31.5. The molecule has 1 aromatic rings. The van der Waals surface area contributed by atoms with Gasteiger partial charge < -0.3 is 15.6 Å². The molecule has 0 aromatic heterocycles. The van der Waals surface area contributed by atoms with E-state index in [0.29, 0.717) is 17.9 Å². The molecule has 0 saturated carbocycles. The van der Waals surface area contributed by atoms with Crippen molar-refractivity contribution in [3.63, 3.8) is 0 Å². The summed E-state index contributed by atoms with van der Waals surface area (Å²) in [6.07, 6.45) is 25.6. The van der Waals surface area contributed by atoms with E-state index >= 15 is 0 Å². The Morgan fingerprint density at radius 1 is 0.667 bits per heavy atom. The second kappa shape index (κ2) is 20.6. The van der Waals surface area contributed by atoms with Gasteiger partial charge in [-0.2, -0.15) is 0 Å². The second-order valence-corrected chi connectivity index (χ2v) is 12.0. The maximum absolute atomic E-state index is 11.4. The molecule has 0 aliphatic carbocycles. The molecule has 1 rings (SSSR count). The number of nitrogens with two attached hydrogens (primary N) is 1. The highest BCUT2D eigenvalue weighted by Crippen LogP contribution is 2.28. The lowest BCUT2D eigenvalue weighted by Gasteiger charge is -2.11. The van der Waals surface area contributed by atoms with Crippen LogP contribution in [0.5, 0.6) is 5.75 Å². The maximum atomic E-state index is 11.4. The first-order valence-electron chi connectivity index (χ1n) is 15.5. The Labute approximate surface area is 256 Å². The average Bonchev–Trinajstić information content (AvgIpc) is 2.92. The number of benzene rings is 1. The van der Waals surface area contributed by atoms with Gasteiger partial charge in [-0.1, -0.05) is 69.9 Å². The zero-order valence-electron chi connectivity index (χ0n) is 27.7. The van der Waals surface area contributed by atoms with Gasteiger partial charge in [-0.25, -0.2) is 4.79 Å². The number of aromatic carboxylic acids is 1. The first kappa shape index (κ1) is 36.8. The molecule has 4 nitrogen and oxygen atoms in total. The third kappa shape index (κ3) is 16.2. The smallest absolute Gasteiger partial charge is 0.335 e. The number of methoxy groups -OCH3 is 1. The van der Waals surface area contributed by atoms with Crippen molar-refractivity contribution in [2.75, 3.05) is 12.8 Å². The highest BCUT2D eigenvalue weighted by Gasteiger charge is 2.12. The lowest BCUT2D eigenvalue weighted by Crippen LogP contribution is -2.03. The van der Waals surface area contributed by atoms with E-state index in [9.17, 15) is 9.90 Å². The van der Waals surface area contributed by atoms with E-state index in [1.165, 1.54) is 53.0 Å². The molecule has 0 unspecified atom stereocenters. The minimum atomic E-state index is -0.983. The molecule has 1 aromatic carbocycles. The van der Waals surface area contributed by atoms with Crippen molar-refractivity contribution >= 4 is 11.7 Å². The Morgan fingerprint density at radius 3 is 1.40 bits per heavy atom. The Morgan fingerprint density at radius 2 is 1.05 bits per heavy atom. The summed E-state index contributed by atoms with van der Waals surface area (Å²) in [6.45, 7) is 15.4. The van der Waals surface area contributed by atoms with Gasteiger partial charge in [0.15, 0.2) is 0 Å². The maximum Gasteiger partial charge on any atom is 0.335 e. The van der Waals surface area contributed by atoms with Crippen LogP contribution < -0.4 is 10.5 Å². The van der Waals surface area contributed by atoms with Gasteiger partial charge in [0.2, 0.25) is 0 Å². The number of hydrogen-bond acceptors (Lipinski definition) is 3. The van der Waals surface area contributed by atoms with Crippen LogP contribution >= 0.6 is 0 Å². The molecule has 0 heterocycles. The van der Waals surface area contributed by atoms with E-state index in [0.717, 1.165) is 63.4 Å². The highest BCUT2D eigenvalue weighted by atomic mass is 16.5. The van der Waals surface area contributed by atoms with Crippen molar-refractivity contribution in [2.45, 2.75) is 119 Å². The molecule has 4 heteroatoms. The predicted octanol–water partition coefficient (Wildman–Crippen LogP) is 11.1. The largest absolute Gasteiger partial charge is 0.495 e. The van der Waals surface area contributed by atoms with Crippen LogP contribution in [-0.2, 0) is 6.42 Å². The van der Waals surface area contributed by atoms with E-state index in [1.54, 1.807) is 6.07 Å². The number of hydrogen-bond donors (Lipinski definition) is 2. The normalized spacial score (nSPS) is 13.4. The van der Waals surface area contributed by atoms with Gasteiger partial charge in [0.1, 0.15) is 5.75 Å². The molecule has 0 aliphatic rings. The minimum Gasteiger partial charge on any atom is -0.495 e. The monoisotopic (exact) mass is 575 g/mol. The summed E-state index contributed by atoms with van der Waals surface area (Å²) >= 11 is 0. The van der Waals surface area contributed by atoms with Gasteiger partial charge in [-0.05, 0) is 137 Å². The first-order valence-corrected chi connectivity index (χ1v) is 15.5.